The average molecular weight is 704 g/mol. The van der Waals surface area contributed by atoms with Gasteiger partial charge in [-0.3, -0.25) is 14.2 Å². The Hall–Kier alpha value is -5.89. The van der Waals surface area contributed by atoms with E-state index in [1.807, 2.05) is 30.3 Å². The number of thiazole rings is 1. The summed E-state index contributed by atoms with van der Waals surface area (Å²) in [5.41, 5.74) is 7.87. The van der Waals surface area contributed by atoms with E-state index in [1.165, 1.54) is 49.8 Å². The Morgan fingerprint density at radius 2 is 1.34 bits per heavy atom. The van der Waals surface area contributed by atoms with Gasteiger partial charge in [-0.1, -0.05) is 30.3 Å². The number of benzene rings is 3. The van der Waals surface area contributed by atoms with Crippen molar-refractivity contribution in [2.75, 3.05) is 49.8 Å². The second-order valence-electron chi connectivity index (χ2n) is 10.8. The minimum atomic E-state index is -1.13. The van der Waals surface area contributed by atoms with Gasteiger partial charge in [-0.15, -0.1) is 11.3 Å². The zero-order chi connectivity index (χ0) is 36.1. The summed E-state index contributed by atoms with van der Waals surface area (Å²) < 4.78 is 39.9. The maximum atomic E-state index is 14.4. The Morgan fingerprint density at radius 1 is 0.800 bits per heavy atom. The van der Waals surface area contributed by atoms with Crippen LogP contribution in [0.15, 0.2) is 65.0 Å². The van der Waals surface area contributed by atoms with E-state index in [-0.39, 0.29) is 44.2 Å². The second-order valence-corrected chi connectivity index (χ2v) is 11.8. The third kappa shape index (κ3) is 6.44. The van der Waals surface area contributed by atoms with E-state index in [4.69, 9.17) is 38.9 Å². The molecule has 0 saturated carbocycles. The van der Waals surface area contributed by atoms with E-state index in [1.54, 1.807) is 30.3 Å². The van der Waals surface area contributed by atoms with E-state index in [0.717, 1.165) is 21.5 Å². The van der Waals surface area contributed by atoms with Crippen molar-refractivity contribution in [3.05, 3.63) is 96.4 Å². The van der Waals surface area contributed by atoms with Crippen LogP contribution in [0.3, 0.4) is 0 Å². The molecule has 1 aliphatic rings. The van der Waals surface area contributed by atoms with Crippen LogP contribution in [0.5, 0.6) is 34.5 Å². The third-order valence-corrected chi connectivity index (χ3v) is 9.21. The number of rotatable bonds is 12. The highest BCUT2D eigenvalue weighted by Crippen LogP contribution is 2.45. The lowest BCUT2D eigenvalue weighted by atomic mass is 9.82. The third-order valence-electron chi connectivity index (χ3n) is 8.10. The zero-order valence-corrected chi connectivity index (χ0v) is 29.4. The van der Waals surface area contributed by atoms with E-state index < -0.39 is 23.4 Å². The number of methoxy groups -OCH3 is 7. The first-order chi connectivity index (χ1) is 24.1. The molecule has 3 aromatic carbocycles. The number of esters is 1. The van der Waals surface area contributed by atoms with Gasteiger partial charge in [0, 0.05) is 6.54 Å². The van der Waals surface area contributed by atoms with Gasteiger partial charge in [0.05, 0.1) is 71.4 Å². The normalized spacial score (nSPS) is 14.1. The average Bonchev–Trinajstić information content (AvgIpc) is 3.47. The summed E-state index contributed by atoms with van der Waals surface area (Å²) in [6, 6.07) is 15.9. The maximum Gasteiger partial charge on any atom is 0.338 e. The topological polar surface area (TPSA) is 159 Å². The van der Waals surface area contributed by atoms with Gasteiger partial charge in [0.15, 0.2) is 23.0 Å². The molecule has 1 unspecified atom stereocenters. The predicted molar refractivity (Wildman–Crippen MR) is 187 cm³/mol. The van der Waals surface area contributed by atoms with Crippen molar-refractivity contribution in [3.8, 4) is 34.5 Å². The van der Waals surface area contributed by atoms with Crippen LogP contribution in [0, 0.1) is 0 Å². The second kappa shape index (κ2) is 15.1. The molecule has 2 heterocycles. The molecule has 4 aromatic rings. The molecule has 13 nitrogen and oxygen atoms in total. The fraction of sp³-hybridized carbons (Fsp3) is 0.250. The van der Waals surface area contributed by atoms with Crippen molar-refractivity contribution in [1.82, 2.24) is 9.88 Å². The minimum Gasteiger partial charge on any atom is -0.493 e. The van der Waals surface area contributed by atoms with Crippen molar-refractivity contribution in [2.45, 2.75) is 12.5 Å². The molecule has 1 aliphatic heterocycles. The van der Waals surface area contributed by atoms with E-state index in [0.29, 0.717) is 34.1 Å². The van der Waals surface area contributed by atoms with E-state index in [2.05, 4.69) is 5.32 Å². The molecule has 0 saturated heterocycles. The number of carbonyl (C=O) groups is 2. The number of aromatic nitrogens is 1. The fourth-order valence-electron chi connectivity index (χ4n) is 5.79. The zero-order valence-electron chi connectivity index (χ0n) is 28.6. The lowest BCUT2D eigenvalue weighted by molar-refractivity contribution is -0.136. The molecule has 5 rings (SSSR count). The molecule has 1 atom stereocenters. The number of hydrogen-bond acceptors (Lipinski definition) is 12. The van der Waals surface area contributed by atoms with Gasteiger partial charge >= 0.3 is 5.97 Å². The minimum absolute atomic E-state index is 0.0800. The molecular weight excluding hydrogens is 666 g/mol. The first-order valence-corrected chi connectivity index (χ1v) is 16.0. The SMILES string of the molecule is COC(=O)C1=C(N)n2c(s/c(=C/c3cc(OC)c(OC)c(OC)c3)c2=O)=C(C(=O)NCc2ccccc2)C1c1cc(OC)c(OC)c(OC)c1. The monoisotopic (exact) mass is 703 g/mol. The lowest BCUT2D eigenvalue weighted by Crippen LogP contribution is -2.43. The highest BCUT2D eigenvalue weighted by atomic mass is 32.1. The van der Waals surface area contributed by atoms with E-state index in [9.17, 15) is 14.4 Å². The van der Waals surface area contributed by atoms with Crippen molar-refractivity contribution < 1.29 is 42.7 Å². The van der Waals surface area contributed by atoms with Crippen LogP contribution in [0.4, 0.5) is 0 Å². The van der Waals surface area contributed by atoms with Gasteiger partial charge in [0.25, 0.3) is 11.5 Å². The van der Waals surface area contributed by atoms with E-state index >= 15 is 0 Å². The Morgan fingerprint density at radius 3 is 1.84 bits per heavy atom. The first kappa shape index (κ1) is 35.4. The number of ether oxygens (including phenoxy) is 7. The number of carbonyl (C=O) groups excluding carboxylic acids is 2. The van der Waals surface area contributed by atoms with Crippen molar-refractivity contribution in [3.63, 3.8) is 0 Å². The molecule has 0 aliphatic carbocycles. The van der Waals surface area contributed by atoms with Gasteiger partial charge in [0.1, 0.15) is 10.5 Å². The lowest BCUT2D eigenvalue weighted by Gasteiger charge is -2.28. The number of amides is 1. The highest BCUT2D eigenvalue weighted by Gasteiger charge is 2.40. The summed E-state index contributed by atoms with van der Waals surface area (Å²) in [7, 11) is 10.0. The molecule has 14 heteroatoms. The molecule has 1 aromatic heterocycles. The Balaban J connectivity index is 1.86. The highest BCUT2D eigenvalue weighted by molar-refractivity contribution is 7.07. The number of fused-ring (bicyclic) bond motifs is 1. The smallest absolute Gasteiger partial charge is 0.338 e. The predicted octanol–water partition coefficient (Wildman–Crippen LogP) is 2.36. The summed E-state index contributed by atoms with van der Waals surface area (Å²) in [5, 5.41) is 2.96. The molecule has 0 bridgehead atoms. The molecule has 50 heavy (non-hydrogen) atoms. The molecule has 3 N–H and O–H groups in total. The van der Waals surface area contributed by atoms with Crippen molar-refractivity contribution in [2.24, 2.45) is 5.73 Å². The van der Waals surface area contributed by atoms with Gasteiger partial charge in [-0.25, -0.2) is 4.79 Å². The molecule has 0 spiro atoms. The summed E-state index contributed by atoms with van der Waals surface area (Å²) in [5.74, 6) is -0.721. The molecule has 0 radical (unpaired) electrons. The molecular formula is C36H37N3O10S. The van der Waals surface area contributed by atoms with Crippen molar-refractivity contribution >= 4 is 40.7 Å². The number of nitrogens with two attached hydrogens (primary N) is 1. The molecule has 262 valence electrons. The van der Waals surface area contributed by atoms with Crippen LogP contribution in [0.2, 0.25) is 0 Å². The number of nitrogens with one attached hydrogen (secondary N) is 1. The van der Waals surface area contributed by atoms with Gasteiger partial charge in [-0.05, 0) is 47.0 Å². The first-order valence-electron chi connectivity index (χ1n) is 15.1. The summed E-state index contributed by atoms with van der Waals surface area (Å²) in [6.45, 7) is 0.165. The fourth-order valence-corrected chi connectivity index (χ4v) is 6.96. The maximum absolute atomic E-state index is 14.4. The van der Waals surface area contributed by atoms with Crippen LogP contribution in [-0.2, 0) is 20.9 Å². The standard InChI is InChI=1S/C36H37N3O10S/c1-43-22-13-20(14-23(44-2)30(22)47-5)15-26-34(41)39-32(37)28(36(42)49-7)27(21-16-24(45-3)31(48-6)25(17-21)46-4)29(35(39)50-26)33(40)38-18-19-11-9-8-10-12-19/h8-17,27H,18,37H2,1-7H3,(H,38,40)/b26-15+. The number of nitrogens with zero attached hydrogens (tertiary/aromatic N) is 1. The summed E-state index contributed by atoms with van der Waals surface area (Å²) in [4.78, 5) is 42.2. The van der Waals surface area contributed by atoms with Crippen LogP contribution in [0.25, 0.3) is 17.5 Å². The van der Waals surface area contributed by atoms with Gasteiger partial charge in [-0.2, -0.15) is 0 Å². The van der Waals surface area contributed by atoms with Gasteiger partial charge in [0.2, 0.25) is 11.5 Å². The van der Waals surface area contributed by atoms with Crippen LogP contribution in [-0.4, -0.2) is 66.2 Å². The Bertz CT molecular complexity index is 2100. The van der Waals surface area contributed by atoms with Crippen molar-refractivity contribution in [1.29, 1.82) is 0 Å². The largest absolute Gasteiger partial charge is 0.493 e. The summed E-state index contributed by atoms with van der Waals surface area (Å²) >= 11 is 1.03. The van der Waals surface area contributed by atoms with Gasteiger partial charge < -0.3 is 44.2 Å². The van der Waals surface area contributed by atoms with Crippen LogP contribution in [0.1, 0.15) is 22.6 Å². The number of hydrogen-bond donors (Lipinski definition) is 2. The summed E-state index contributed by atoms with van der Waals surface area (Å²) in [6.07, 6.45) is 1.61. The quantitative estimate of drug-likeness (QED) is 0.209. The van der Waals surface area contributed by atoms with Crippen LogP contribution < -0.4 is 54.2 Å². The molecule has 0 fully saturated rings. The molecule has 1 amide bonds. The van der Waals surface area contributed by atoms with Crippen LogP contribution >= 0.6 is 11.3 Å². The Kier molecular flexibility index (Phi) is 10.7. The Labute approximate surface area is 291 Å².